The molecule has 3 heterocycles. The van der Waals surface area contributed by atoms with Crippen LogP contribution in [-0.2, 0) is 0 Å². The number of aromatic amines is 1. The van der Waals surface area contributed by atoms with Gasteiger partial charge in [0.2, 0.25) is 0 Å². The van der Waals surface area contributed by atoms with Gasteiger partial charge in [-0.2, -0.15) is 0 Å². The maximum absolute atomic E-state index is 5.60. The van der Waals surface area contributed by atoms with Crippen LogP contribution in [0, 0.1) is 4.77 Å². The molecule has 0 bridgehead atoms. The van der Waals surface area contributed by atoms with Crippen molar-refractivity contribution in [1.29, 1.82) is 0 Å². The van der Waals surface area contributed by atoms with Crippen LogP contribution in [0.4, 0.5) is 0 Å². The largest absolute Gasteiger partial charge is 0.463 e. The first kappa shape index (κ1) is 12.9. The van der Waals surface area contributed by atoms with E-state index in [0.29, 0.717) is 10.5 Å². The van der Waals surface area contributed by atoms with Crippen molar-refractivity contribution in [2.24, 2.45) is 0 Å². The molecule has 4 aromatic rings. The fraction of sp³-hybridized carbons (Fsp3) is 0. The van der Waals surface area contributed by atoms with Gasteiger partial charge in [-0.05, 0) is 48.6 Å². The average molecular weight is 308 g/mol. The average Bonchev–Trinajstić information content (AvgIpc) is 3.28. The lowest BCUT2D eigenvalue weighted by molar-refractivity contribution is 0.572. The Hall–Kier alpha value is -2.79. The van der Waals surface area contributed by atoms with Crippen LogP contribution in [0.5, 0.6) is 0 Å². The molecule has 0 saturated heterocycles. The number of nitrogens with one attached hydrogen (secondary N) is 1. The van der Waals surface area contributed by atoms with E-state index in [4.69, 9.17) is 21.1 Å². The van der Waals surface area contributed by atoms with Crippen molar-refractivity contribution in [3.63, 3.8) is 0 Å². The van der Waals surface area contributed by atoms with Gasteiger partial charge in [-0.1, -0.05) is 18.2 Å². The summed E-state index contributed by atoms with van der Waals surface area (Å²) in [4.78, 5) is 3.23. The quantitative estimate of drug-likeness (QED) is 0.538. The number of benzene rings is 1. The summed E-state index contributed by atoms with van der Waals surface area (Å²) < 4.78 is 13.7. The number of para-hydroxylation sites is 1. The zero-order valence-corrected chi connectivity index (χ0v) is 12.3. The zero-order chi connectivity index (χ0) is 14.9. The highest BCUT2D eigenvalue weighted by atomic mass is 32.1. The lowest BCUT2D eigenvalue weighted by atomic mass is 10.2. The summed E-state index contributed by atoms with van der Waals surface area (Å²) in [6.45, 7) is 0. The Morgan fingerprint density at radius 1 is 0.818 bits per heavy atom. The second kappa shape index (κ2) is 5.20. The van der Waals surface area contributed by atoms with Crippen molar-refractivity contribution in [2.75, 3.05) is 0 Å². The van der Waals surface area contributed by atoms with Crippen molar-refractivity contribution in [2.45, 2.75) is 0 Å². The summed E-state index contributed by atoms with van der Waals surface area (Å²) in [5.74, 6) is 1.44. The number of rotatable bonds is 3. The molecule has 0 radical (unpaired) electrons. The Bertz CT molecular complexity index is 933. The van der Waals surface area contributed by atoms with Gasteiger partial charge >= 0.3 is 0 Å². The molecule has 0 aliphatic rings. The second-order valence-corrected chi connectivity index (χ2v) is 5.17. The maximum Gasteiger partial charge on any atom is 0.182 e. The normalized spacial score (nSPS) is 10.9. The molecule has 0 amide bonds. The van der Waals surface area contributed by atoms with E-state index in [2.05, 4.69) is 4.98 Å². The van der Waals surface area contributed by atoms with Crippen LogP contribution in [-0.4, -0.2) is 9.55 Å². The lowest BCUT2D eigenvalue weighted by Gasteiger charge is -2.07. The Morgan fingerprint density at radius 2 is 1.50 bits per heavy atom. The molecule has 0 atom stereocenters. The summed E-state index contributed by atoms with van der Waals surface area (Å²) in [7, 11) is 0. The minimum absolute atomic E-state index is 0.587. The molecule has 3 aromatic heterocycles. The van der Waals surface area contributed by atoms with Crippen molar-refractivity contribution in [3.05, 3.63) is 71.9 Å². The van der Waals surface area contributed by atoms with Gasteiger partial charge in [-0.25, -0.2) is 0 Å². The molecule has 0 saturated carbocycles. The van der Waals surface area contributed by atoms with Crippen molar-refractivity contribution in [1.82, 2.24) is 9.55 Å². The van der Waals surface area contributed by atoms with Crippen molar-refractivity contribution < 1.29 is 8.83 Å². The minimum atomic E-state index is 0.587. The van der Waals surface area contributed by atoms with Crippen LogP contribution in [0.2, 0.25) is 0 Å². The molecule has 0 aliphatic heterocycles. The molecule has 4 rings (SSSR count). The van der Waals surface area contributed by atoms with E-state index in [1.807, 2.05) is 59.2 Å². The summed E-state index contributed by atoms with van der Waals surface area (Å²) in [6, 6.07) is 17.4. The van der Waals surface area contributed by atoms with E-state index < -0.39 is 0 Å². The van der Waals surface area contributed by atoms with E-state index in [0.717, 1.165) is 22.8 Å². The van der Waals surface area contributed by atoms with Crippen LogP contribution < -0.4 is 0 Å². The Labute approximate surface area is 131 Å². The molecule has 5 heteroatoms. The number of hydrogen-bond acceptors (Lipinski definition) is 3. The molecule has 22 heavy (non-hydrogen) atoms. The minimum Gasteiger partial charge on any atom is -0.463 e. The van der Waals surface area contributed by atoms with Gasteiger partial charge in [0, 0.05) is 5.69 Å². The van der Waals surface area contributed by atoms with Gasteiger partial charge in [0.25, 0.3) is 0 Å². The monoisotopic (exact) mass is 308 g/mol. The van der Waals surface area contributed by atoms with Gasteiger partial charge in [0.1, 0.15) is 11.4 Å². The van der Waals surface area contributed by atoms with Crippen LogP contribution in [0.25, 0.3) is 28.6 Å². The van der Waals surface area contributed by atoms with Gasteiger partial charge in [0.05, 0.1) is 12.5 Å². The molecule has 0 spiro atoms. The fourth-order valence-electron chi connectivity index (χ4n) is 2.50. The molecular formula is C17H12N2O2S. The lowest BCUT2D eigenvalue weighted by Crippen LogP contribution is -1.96. The Kier molecular flexibility index (Phi) is 3.05. The number of aromatic nitrogens is 2. The summed E-state index contributed by atoms with van der Waals surface area (Å²) in [6.07, 6.45) is 3.28. The van der Waals surface area contributed by atoms with Gasteiger partial charge in [-0.3, -0.25) is 4.57 Å². The highest BCUT2D eigenvalue weighted by molar-refractivity contribution is 7.71. The molecule has 1 N–H and O–H groups in total. The SMILES string of the molecule is S=c1[nH]c(-c2ccco2)c(-c2ccco2)n1-c1ccccc1. The van der Waals surface area contributed by atoms with Crippen LogP contribution >= 0.6 is 12.2 Å². The number of furan rings is 2. The number of imidazole rings is 1. The molecule has 4 nitrogen and oxygen atoms in total. The van der Waals surface area contributed by atoms with E-state index >= 15 is 0 Å². The predicted octanol–water partition coefficient (Wildman–Crippen LogP) is 5.05. The first-order chi connectivity index (χ1) is 10.8. The molecule has 108 valence electrons. The van der Waals surface area contributed by atoms with Crippen LogP contribution in [0.3, 0.4) is 0 Å². The van der Waals surface area contributed by atoms with Crippen molar-refractivity contribution in [3.8, 4) is 28.6 Å². The van der Waals surface area contributed by atoms with E-state index in [-0.39, 0.29) is 0 Å². The van der Waals surface area contributed by atoms with E-state index in [1.165, 1.54) is 0 Å². The molecule has 1 aromatic carbocycles. The van der Waals surface area contributed by atoms with E-state index in [1.54, 1.807) is 12.5 Å². The topological polar surface area (TPSA) is 47.0 Å². The standard InChI is InChI=1S/C17H12N2O2S/c22-17-18-15(13-8-4-10-20-13)16(14-9-5-11-21-14)19(17)12-6-2-1-3-7-12/h1-11H,(H,18,22). The number of hydrogen-bond donors (Lipinski definition) is 1. The predicted molar refractivity (Wildman–Crippen MR) is 86.4 cm³/mol. The third-order valence-corrected chi connectivity index (χ3v) is 3.72. The van der Waals surface area contributed by atoms with Crippen LogP contribution in [0.1, 0.15) is 0 Å². The van der Waals surface area contributed by atoms with Gasteiger partial charge in [-0.15, -0.1) is 0 Å². The maximum atomic E-state index is 5.60. The third kappa shape index (κ3) is 2.03. The van der Waals surface area contributed by atoms with Crippen LogP contribution in [0.15, 0.2) is 76.0 Å². The molecular weight excluding hydrogens is 296 g/mol. The first-order valence-electron chi connectivity index (χ1n) is 6.83. The second-order valence-electron chi connectivity index (χ2n) is 4.78. The first-order valence-corrected chi connectivity index (χ1v) is 7.23. The zero-order valence-electron chi connectivity index (χ0n) is 11.5. The summed E-state index contributed by atoms with van der Waals surface area (Å²) in [5.41, 5.74) is 2.61. The number of H-pyrrole nitrogens is 1. The highest BCUT2D eigenvalue weighted by Crippen LogP contribution is 2.34. The third-order valence-electron chi connectivity index (χ3n) is 3.43. The highest BCUT2D eigenvalue weighted by Gasteiger charge is 2.20. The number of nitrogens with zero attached hydrogens (tertiary/aromatic N) is 1. The van der Waals surface area contributed by atoms with E-state index in [9.17, 15) is 0 Å². The fourth-order valence-corrected chi connectivity index (χ4v) is 2.80. The van der Waals surface area contributed by atoms with Gasteiger partial charge in [0.15, 0.2) is 16.3 Å². The summed E-state index contributed by atoms with van der Waals surface area (Å²) >= 11 is 5.51. The molecule has 0 unspecified atom stereocenters. The molecule has 0 fully saturated rings. The summed E-state index contributed by atoms with van der Waals surface area (Å²) in [5, 5.41) is 0. The Balaban J connectivity index is 2.05. The smallest absolute Gasteiger partial charge is 0.182 e. The Morgan fingerprint density at radius 3 is 2.14 bits per heavy atom. The van der Waals surface area contributed by atoms with Crippen molar-refractivity contribution >= 4 is 12.2 Å². The molecule has 0 aliphatic carbocycles. The van der Waals surface area contributed by atoms with Gasteiger partial charge < -0.3 is 13.8 Å².